The Balaban J connectivity index is 3.89. The molecule has 1 unspecified atom stereocenters. The maximum Gasteiger partial charge on any atom is 0.375 e. The molecular formula is C8H11F2NO2. The number of halogens is 2. The average Bonchev–Trinajstić information content (AvgIpc) is 2.01. The number of nitrogens with one attached hydrogen (secondary N) is 1. The summed E-state index contributed by atoms with van der Waals surface area (Å²) in [6, 6.07) is -0.310. The Kier molecular flexibility index (Phi) is 4.35. The summed E-state index contributed by atoms with van der Waals surface area (Å²) in [6.07, 6.45) is 5.22. The van der Waals surface area contributed by atoms with Gasteiger partial charge in [-0.2, -0.15) is 8.78 Å². The third-order valence-corrected chi connectivity index (χ3v) is 1.41. The normalized spacial score (nSPS) is 13.4. The van der Waals surface area contributed by atoms with Crippen LogP contribution in [-0.2, 0) is 4.79 Å². The Morgan fingerprint density at radius 2 is 2.31 bits per heavy atom. The fourth-order valence-corrected chi connectivity index (χ4v) is 0.627. The molecule has 0 amide bonds. The second-order valence-corrected chi connectivity index (χ2v) is 2.70. The van der Waals surface area contributed by atoms with Crippen LogP contribution in [0.15, 0.2) is 0 Å². The third-order valence-electron chi connectivity index (χ3n) is 1.41. The molecule has 0 fully saturated rings. The van der Waals surface area contributed by atoms with Crippen LogP contribution in [0.2, 0.25) is 0 Å². The fraction of sp³-hybridized carbons (Fsp3) is 0.625. The van der Waals surface area contributed by atoms with E-state index in [1.807, 2.05) is 0 Å². The van der Waals surface area contributed by atoms with E-state index in [-0.39, 0.29) is 12.5 Å². The number of rotatable bonds is 5. The van der Waals surface area contributed by atoms with Gasteiger partial charge in [0.1, 0.15) is 0 Å². The third kappa shape index (κ3) is 4.43. The summed E-state index contributed by atoms with van der Waals surface area (Å²) in [4.78, 5) is 9.96. The van der Waals surface area contributed by atoms with Crippen molar-refractivity contribution in [1.82, 2.24) is 5.32 Å². The molecule has 0 saturated carbocycles. The van der Waals surface area contributed by atoms with Gasteiger partial charge in [-0.25, -0.2) is 4.79 Å². The lowest BCUT2D eigenvalue weighted by Gasteiger charge is -2.15. The van der Waals surface area contributed by atoms with Crippen LogP contribution < -0.4 is 5.32 Å². The second kappa shape index (κ2) is 4.77. The minimum Gasteiger partial charge on any atom is -0.477 e. The van der Waals surface area contributed by atoms with Crippen molar-refractivity contribution in [2.24, 2.45) is 0 Å². The molecule has 0 bridgehead atoms. The maximum atomic E-state index is 12.4. The van der Waals surface area contributed by atoms with Crippen LogP contribution in [0.4, 0.5) is 8.78 Å². The predicted octanol–water partition coefficient (Wildman–Crippen LogP) is 0.708. The molecule has 0 radical (unpaired) electrons. The van der Waals surface area contributed by atoms with E-state index in [4.69, 9.17) is 11.5 Å². The van der Waals surface area contributed by atoms with Crippen LogP contribution in [0, 0.1) is 12.3 Å². The number of terminal acetylenes is 1. The van der Waals surface area contributed by atoms with Crippen molar-refractivity contribution in [1.29, 1.82) is 0 Å². The predicted molar refractivity (Wildman–Crippen MR) is 43.5 cm³/mol. The summed E-state index contributed by atoms with van der Waals surface area (Å²) in [6.45, 7) is 0.711. The van der Waals surface area contributed by atoms with Crippen molar-refractivity contribution in [2.45, 2.75) is 25.3 Å². The summed E-state index contributed by atoms with van der Waals surface area (Å²) in [7, 11) is 0. The lowest BCUT2D eigenvalue weighted by Crippen LogP contribution is -2.42. The topological polar surface area (TPSA) is 49.3 Å². The minimum atomic E-state index is -3.73. The highest BCUT2D eigenvalue weighted by Gasteiger charge is 2.38. The van der Waals surface area contributed by atoms with E-state index in [9.17, 15) is 13.6 Å². The monoisotopic (exact) mass is 191 g/mol. The van der Waals surface area contributed by atoms with E-state index in [1.165, 1.54) is 0 Å². The highest BCUT2D eigenvalue weighted by atomic mass is 19.3. The smallest absolute Gasteiger partial charge is 0.375 e. The van der Waals surface area contributed by atoms with Gasteiger partial charge in [0, 0.05) is 12.5 Å². The molecule has 74 valence electrons. The Morgan fingerprint density at radius 3 is 2.69 bits per heavy atom. The quantitative estimate of drug-likeness (QED) is 0.629. The molecule has 0 heterocycles. The Hall–Kier alpha value is -1.15. The Morgan fingerprint density at radius 1 is 1.77 bits per heavy atom. The average molecular weight is 191 g/mol. The number of alkyl halides is 2. The van der Waals surface area contributed by atoms with E-state index in [1.54, 1.807) is 6.92 Å². The van der Waals surface area contributed by atoms with E-state index in [0.29, 0.717) is 0 Å². The van der Waals surface area contributed by atoms with Gasteiger partial charge < -0.3 is 10.4 Å². The molecule has 0 saturated heterocycles. The molecule has 3 nitrogen and oxygen atoms in total. The molecule has 0 spiro atoms. The number of carboxylic acid groups (broad SMARTS) is 1. The van der Waals surface area contributed by atoms with Crippen molar-refractivity contribution in [2.75, 3.05) is 6.54 Å². The largest absolute Gasteiger partial charge is 0.477 e. The zero-order valence-corrected chi connectivity index (χ0v) is 7.18. The molecular weight excluding hydrogens is 180 g/mol. The van der Waals surface area contributed by atoms with Crippen LogP contribution in [0.25, 0.3) is 0 Å². The molecule has 0 aliphatic heterocycles. The molecule has 0 aliphatic rings. The Bertz CT molecular complexity index is 223. The summed E-state index contributed by atoms with van der Waals surface area (Å²) in [5.41, 5.74) is 0. The van der Waals surface area contributed by atoms with Crippen LogP contribution in [0.3, 0.4) is 0 Å². The Labute approximate surface area is 75.1 Å². The van der Waals surface area contributed by atoms with Crippen molar-refractivity contribution in [3.63, 3.8) is 0 Å². The van der Waals surface area contributed by atoms with Gasteiger partial charge in [-0.3, -0.25) is 0 Å². The molecule has 1 atom stereocenters. The minimum absolute atomic E-state index is 0.287. The van der Waals surface area contributed by atoms with E-state index >= 15 is 0 Å². The zero-order valence-electron chi connectivity index (χ0n) is 7.18. The molecule has 2 N–H and O–H groups in total. The summed E-state index contributed by atoms with van der Waals surface area (Å²) < 4.78 is 24.9. The summed E-state index contributed by atoms with van der Waals surface area (Å²) >= 11 is 0. The summed E-state index contributed by atoms with van der Waals surface area (Å²) in [5.74, 6) is -3.59. The van der Waals surface area contributed by atoms with Gasteiger partial charge in [-0.15, -0.1) is 12.3 Å². The lowest BCUT2D eigenvalue weighted by molar-refractivity contribution is -0.164. The molecule has 0 aromatic heterocycles. The van der Waals surface area contributed by atoms with Gasteiger partial charge in [0.05, 0.1) is 6.54 Å². The van der Waals surface area contributed by atoms with Crippen molar-refractivity contribution >= 4 is 5.97 Å². The van der Waals surface area contributed by atoms with Crippen LogP contribution in [0.5, 0.6) is 0 Å². The molecule has 0 aromatic carbocycles. The van der Waals surface area contributed by atoms with Crippen LogP contribution in [-0.4, -0.2) is 29.6 Å². The van der Waals surface area contributed by atoms with Crippen LogP contribution in [0.1, 0.15) is 13.3 Å². The van der Waals surface area contributed by atoms with E-state index in [2.05, 4.69) is 11.2 Å². The van der Waals surface area contributed by atoms with Gasteiger partial charge in [0.15, 0.2) is 0 Å². The van der Waals surface area contributed by atoms with Gasteiger partial charge in [0.25, 0.3) is 0 Å². The fourth-order valence-electron chi connectivity index (χ4n) is 0.627. The number of carbonyl (C=O) groups is 1. The standard InChI is InChI=1S/C8H11F2NO2/c1-3-4-6(2)11-5-8(9,10)7(12)13/h1,6,11H,4-5H2,2H3,(H,12,13). The van der Waals surface area contributed by atoms with E-state index < -0.39 is 18.4 Å². The molecule has 0 rings (SSSR count). The summed E-state index contributed by atoms with van der Waals surface area (Å²) in [5, 5.41) is 10.4. The van der Waals surface area contributed by atoms with Gasteiger partial charge in [-0.1, -0.05) is 0 Å². The van der Waals surface area contributed by atoms with Crippen molar-refractivity contribution in [3.05, 3.63) is 0 Å². The van der Waals surface area contributed by atoms with Gasteiger partial charge in [-0.05, 0) is 6.92 Å². The van der Waals surface area contributed by atoms with Crippen molar-refractivity contribution in [3.8, 4) is 12.3 Å². The number of hydrogen-bond donors (Lipinski definition) is 2. The number of hydrogen-bond acceptors (Lipinski definition) is 2. The molecule has 5 heteroatoms. The lowest BCUT2D eigenvalue weighted by atomic mass is 10.2. The van der Waals surface area contributed by atoms with Crippen molar-refractivity contribution < 1.29 is 18.7 Å². The SMILES string of the molecule is C#CCC(C)NCC(F)(F)C(=O)O. The first-order valence-electron chi connectivity index (χ1n) is 3.68. The highest BCUT2D eigenvalue weighted by molar-refractivity contribution is 5.75. The first-order valence-corrected chi connectivity index (χ1v) is 3.68. The number of aliphatic carboxylic acids is 1. The second-order valence-electron chi connectivity index (χ2n) is 2.70. The molecule has 0 aromatic rings. The van der Waals surface area contributed by atoms with Gasteiger partial charge >= 0.3 is 11.9 Å². The maximum absolute atomic E-state index is 12.4. The van der Waals surface area contributed by atoms with Gasteiger partial charge in [0.2, 0.25) is 0 Å². The first kappa shape index (κ1) is 11.8. The zero-order chi connectivity index (χ0) is 10.5. The molecule has 13 heavy (non-hydrogen) atoms. The van der Waals surface area contributed by atoms with Crippen LogP contribution >= 0.6 is 0 Å². The molecule has 0 aliphatic carbocycles. The first-order chi connectivity index (χ1) is 5.90. The highest BCUT2D eigenvalue weighted by Crippen LogP contribution is 2.11. The number of carboxylic acids is 1. The van der Waals surface area contributed by atoms with E-state index in [0.717, 1.165) is 0 Å².